The highest BCUT2D eigenvalue weighted by molar-refractivity contribution is 7.18. The number of urea groups is 1. The summed E-state index contributed by atoms with van der Waals surface area (Å²) in [7, 11) is 1.45. The van der Waals surface area contributed by atoms with E-state index in [-0.39, 0.29) is 45.1 Å². The van der Waals surface area contributed by atoms with Gasteiger partial charge in [-0.1, -0.05) is 0 Å². The van der Waals surface area contributed by atoms with Gasteiger partial charge in [0.2, 0.25) is 11.9 Å². The summed E-state index contributed by atoms with van der Waals surface area (Å²) in [4.78, 5) is 49.6. The van der Waals surface area contributed by atoms with Crippen LogP contribution in [0.4, 0.5) is 29.7 Å². The molecule has 0 aromatic carbocycles. The zero-order chi connectivity index (χ0) is 24.3. The van der Waals surface area contributed by atoms with Gasteiger partial charge in [0.25, 0.3) is 0 Å². The Morgan fingerprint density at radius 2 is 1.88 bits per heavy atom. The van der Waals surface area contributed by atoms with E-state index in [0.29, 0.717) is 10.6 Å². The lowest BCUT2D eigenvalue weighted by atomic mass is 10.2. The van der Waals surface area contributed by atoms with Crippen LogP contribution in [-0.4, -0.2) is 88.7 Å². The van der Waals surface area contributed by atoms with Crippen LogP contribution in [0.2, 0.25) is 0 Å². The lowest BCUT2D eigenvalue weighted by Crippen LogP contribution is -2.49. The number of thiophene rings is 1. The Hall–Kier alpha value is -3.16. The summed E-state index contributed by atoms with van der Waals surface area (Å²) in [6.07, 6.45) is -6.25. The molecule has 0 radical (unpaired) electrons. The van der Waals surface area contributed by atoms with E-state index >= 15 is 0 Å². The van der Waals surface area contributed by atoms with Gasteiger partial charge in [0.1, 0.15) is 17.1 Å². The molecule has 1 saturated heterocycles. The van der Waals surface area contributed by atoms with E-state index < -0.39 is 30.5 Å². The number of hydrogen-bond acceptors (Lipinski definition) is 7. The van der Waals surface area contributed by atoms with Gasteiger partial charge in [-0.3, -0.25) is 14.9 Å². The minimum absolute atomic E-state index is 0.00227. The normalized spacial score (nSPS) is 14.5. The van der Waals surface area contributed by atoms with Crippen LogP contribution >= 0.6 is 11.3 Å². The Bertz CT molecular complexity index is 1050. The van der Waals surface area contributed by atoms with Crippen LogP contribution in [-0.2, 0) is 9.59 Å². The van der Waals surface area contributed by atoms with Gasteiger partial charge in [-0.2, -0.15) is 18.2 Å². The van der Waals surface area contributed by atoms with E-state index in [1.165, 1.54) is 28.2 Å². The molecule has 0 aliphatic carbocycles. The second-order valence-electron chi connectivity index (χ2n) is 7.60. The third-order valence-electron chi connectivity index (χ3n) is 5.01. The standard InChI is InChI=1S/C19H23F3N6O4S/c1-11-9-12-15(28-7-5-27(6-8-28)13(29)10-19(20,21)22)23-17(24-16(12)33-11)25-18(32)26(2)4-3-14(30)31/h9H,3-8,10H2,1-2H3,(H,30,31)(H,23,24,25,32). The number of halogens is 3. The van der Waals surface area contributed by atoms with Gasteiger partial charge in [-0.05, 0) is 13.0 Å². The monoisotopic (exact) mass is 488 g/mol. The second kappa shape index (κ2) is 9.77. The number of rotatable bonds is 6. The van der Waals surface area contributed by atoms with Crippen molar-refractivity contribution in [3.63, 3.8) is 0 Å². The van der Waals surface area contributed by atoms with E-state index in [1.54, 1.807) is 0 Å². The van der Waals surface area contributed by atoms with Crippen LogP contribution in [0.1, 0.15) is 17.7 Å². The Labute approximate surface area is 191 Å². The van der Waals surface area contributed by atoms with Gasteiger partial charge in [-0.25, -0.2) is 9.78 Å². The van der Waals surface area contributed by atoms with Crippen molar-refractivity contribution in [3.8, 4) is 0 Å². The highest BCUT2D eigenvalue weighted by Gasteiger charge is 2.34. The molecule has 180 valence electrons. The fourth-order valence-electron chi connectivity index (χ4n) is 3.33. The number of fused-ring (bicyclic) bond motifs is 1. The number of carbonyl (C=O) groups excluding carboxylic acids is 2. The number of carboxylic acid groups (broad SMARTS) is 1. The zero-order valence-corrected chi connectivity index (χ0v) is 18.8. The van der Waals surface area contributed by atoms with Crippen molar-refractivity contribution < 1.29 is 32.7 Å². The molecule has 3 rings (SSSR count). The Kier molecular flexibility index (Phi) is 7.25. The average Bonchev–Trinajstić information content (AvgIpc) is 3.10. The van der Waals surface area contributed by atoms with Crippen LogP contribution < -0.4 is 10.2 Å². The molecule has 0 saturated carbocycles. The molecule has 0 atom stereocenters. The highest BCUT2D eigenvalue weighted by Crippen LogP contribution is 2.32. The predicted octanol–water partition coefficient (Wildman–Crippen LogP) is 2.54. The topological polar surface area (TPSA) is 119 Å². The number of anilines is 2. The van der Waals surface area contributed by atoms with Gasteiger partial charge in [0.15, 0.2) is 0 Å². The molecule has 0 bridgehead atoms. The maximum atomic E-state index is 12.5. The Morgan fingerprint density at radius 1 is 1.21 bits per heavy atom. The number of hydrogen-bond donors (Lipinski definition) is 2. The molecule has 3 amide bonds. The molecule has 10 nitrogen and oxygen atoms in total. The van der Waals surface area contributed by atoms with E-state index in [1.807, 2.05) is 17.9 Å². The number of aryl methyl sites for hydroxylation is 1. The highest BCUT2D eigenvalue weighted by atomic mass is 32.1. The molecule has 2 aromatic heterocycles. The third kappa shape index (κ3) is 6.43. The Balaban J connectivity index is 1.76. The lowest BCUT2D eigenvalue weighted by Gasteiger charge is -2.36. The SMILES string of the molecule is Cc1cc2c(N3CCN(C(=O)CC(F)(F)F)CC3)nc(NC(=O)N(C)CCC(=O)O)nc2s1. The minimum Gasteiger partial charge on any atom is -0.481 e. The molecule has 0 unspecified atom stereocenters. The first kappa shape index (κ1) is 24.5. The minimum atomic E-state index is -4.55. The van der Waals surface area contributed by atoms with Crippen molar-refractivity contribution in [1.29, 1.82) is 0 Å². The smallest absolute Gasteiger partial charge is 0.397 e. The third-order valence-corrected chi connectivity index (χ3v) is 5.95. The van der Waals surface area contributed by atoms with Crippen LogP contribution in [0.15, 0.2) is 6.07 Å². The van der Waals surface area contributed by atoms with Gasteiger partial charge in [0.05, 0.1) is 11.8 Å². The average molecular weight is 488 g/mol. The van der Waals surface area contributed by atoms with Crippen molar-refractivity contribution in [2.75, 3.05) is 50.0 Å². The molecule has 2 N–H and O–H groups in total. The van der Waals surface area contributed by atoms with Crippen LogP contribution in [0.25, 0.3) is 10.2 Å². The van der Waals surface area contributed by atoms with Crippen LogP contribution in [0.5, 0.6) is 0 Å². The number of nitrogens with zero attached hydrogens (tertiary/aromatic N) is 5. The molecule has 33 heavy (non-hydrogen) atoms. The lowest BCUT2D eigenvalue weighted by molar-refractivity contribution is -0.161. The van der Waals surface area contributed by atoms with Crippen molar-refractivity contribution >= 4 is 51.2 Å². The summed E-state index contributed by atoms with van der Waals surface area (Å²) >= 11 is 1.40. The van der Waals surface area contributed by atoms with E-state index in [0.717, 1.165) is 10.3 Å². The predicted molar refractivity (Wildman–Crippen MR) is 116 cm³/mol. The molecular formula is C19H23F3N6O4S. The zero-order valence-electron chi connectivity index (χ0n) is 18.0. The second-order valence-corrected chi connectivity index (χ2v) is 8.84. The fraction of sp³-hybridized carbons (Fsp3) is 0.526. The van der Waals surface area contributed by atoms with E-state index in [9.17, 15) is 27.6 Å². The molecule has 2 aromatic rings. The number of carbonyl (C=O) groups is 3. The largest absolute Gasteiger partial charge is 0.481 e. The molecule has 1 aliphatic rings. The van der Waals surface area contributed by atoms with Crippen LogP contribution in [0, 0.1) is 6.92 Å². The summed E-state index contributed by atoms with van der Waals surface area (Å²) in [5, 5.41) is 12.1. The molecule has 1 fully saturated rings. The molecule has 1 aliphatic heterocycles. The first-order valence-electron chi connectivity index (χ1n) is 10.0. The number of aromatic nitrogens is 2. The number of carboxylic acids is 1. The number of amides is 3. The van der Waals surface area contributed by atoms with Gasteiger partial charge >= 0.3 is 18.2 Å². The van der Waals surface area contributed by atoms with E-state index in [2.05, 4.69) is 15.3 Å². The summed E-state index contributed by atoms with van der Waals surface area (Å²) in [6.45, 7) is 2.67. The number of piperazine rings is 1. The maximum absolute atomic E-state index is 12.5. The first-order valence-corrected chi connectivity index (χ1v) is 10.9. The quantitative estimate of drug-likeness (QED) is 0.641. The molecule has 14 heteroatoms. The summed E-state index contributed by atoms with van der Waals surface area (Å²) in [5.74, 6) is -1.45. The Morgan fingerprint density at radius 3 is 2.48 bits per heavy atom. The summed E-state index contributed by atoms with van der Waals surface area (Å²) in [5.41, 5.74) is 0. The summed E-state index contributed by atoms with van der Waals surface area (Å²) < 4.78 is 37.6. The summed E-state index contributed by atoms with van der Waals surface area (Å²) in [6, 6.07) is 1.32. The van der Waals surface area contributed by atoms with Gasteiger partial charge < -0.3 is 19.8 Å². The van der Waals surface area contributed by atoms with Crippen LogP contribution in [0.3, 0.4) is 0 Å². The number of alkyl halides is 3. The van der Waals surface area contributed by atoms with Crippen molar-refractivity contribution in [2.24, 2.45) is 0 Å². The van der Waals surface area contributed by atoms with Gasteiger partial charge in [0, 0.05) is 44.6 Å². The van der Waals surface area contributed by atoms with Crippen molar-refractivity contribution in [1.82, 2.24) is 19.8 Å². The van der Waals surface area contributed by atoms with Crippen molar-refractivity contribution in [2.45, 2.75) is 25.9 Å². The molecular weight excluding hydrogens is 465 g/mol. The molecule has 0 spiro atoms. The maximum Gasteiger partial charge on any atom is 0.397 e. The molecule has 3 heterocycles. The first-order chi connectivity index (χ1) is 15.4. The fourth-order valence-corrected chi connectivity index (χ4v) is 4.20. The van der Waals surface area contributed by atoms with Gasteiger partial charge in [-0.15, -0.1) is 11.3 Å². The number of aliphatic carboxylic acids is 1. The van der Waals surface area contributed by atoms with E-state index in [4.69, 9.17) is 5.11 Å². The van der Waals surface area contributed by atoms with Crippen molar-refractivity contribution in [3.05, 3.63) is 10.9 Å². The number of nitrogens with one attached hydrogen (secondary N) is 1.